The minimum absolute atomic E-state index is 0.0836. The summed E-state index contributed by atoms with van der Waals surface area (Å²) in [6.07, 6.45) is 4.76. The van der Waals surface area contributed by atoms with E-state index in [9.17, 15) is 4.79 Å². The number of fused-ring (bicyclic) bond motifs is 1. The Balaban J connectivity index is 1.62. The van der Waals surface area contributed by atoms with E-state index in [1.165, 1.54) is 12.8 Å². The van der Waals surface area contributed by atoms with Gasteiger partial charge in [0.2, 0.25) is 0 Å². The number of hydrogen-bond donors (Lipinski definition) is 0. The molecule has 154 valence electrons. The van der Waals surface area contributed by atoms with Crippen molar-refractivity contribution in [3.05, 3.63) is 22.7 Å². The number of hydrogen-bond acceptors (Lipinski definition) is 3. The lowest BCUT2D eigenvalue weighted by Crippen LogP contribution is -2.51. The van der Waals surface area contributed by atoms with Crippen molar-refractivity contribution < 1.29 is 14.3 Å². The Morgan fingerprint density at radius 1 is 1.11 bits per heavy atom. The Morgan fingerprint density at radius 3 is 2.29 bits per heavy atom. The third-order valence-corrected chi connectivity index (χ3v) is 9.86. The number of carbonyl (C=O) groups is 1. The van der Waals surface area contributed by atoms with Crippen LogP contribution in [0.4, 0.5) is 0 Å². The van der Waals surface area contributed by atoms with Crippen LogP contribution in [0.15, 0.2) is 22.7 Å². The van der Waals surface area contributed by atoms with Crippen LogP contribution in [0.2, 0.25) is 0 Å². The SMILES string of the molecule is COC1=C(C)C(=O)C2=C(O[C@]3(CCC45C(CC43)C5(C)C)CC2C(C)C)C1(C)C. The summed E-state index contributed by atoms with van der Waals surface area (Å²) in [6.45, 7) is 15.7. The van der Waals surface area contributed by atoms with Gasteiger partial charge in [0.25, 0.3) is 0 Å². The summed E-state index contributed by atoms with van der Waals surface area (Å²) in [5.41, 5.74) is 2.20. The quantitative estimate of drug-likeness (QED) is 0.616. The first-order valence-electron chi connectivity index (χ1n) is 11.2. The summed E-state index contributed by atoms with van der Waals surface area (Å²) >= 11 is 0. The summed E-state index contributed by atoms with van der Waals surface area (Å²) in [5, 5.41) is 0. The van der Waals surface area contributed by atoms with Crippen LogP contribution in [0.25, 0.3) is 0 Å². The van der Waals surface area contributed by atoms with Crippen LogP contribution < -0.4 is 0 Å². The minimum atomic E-state index is -0.388. The molecule has 0 N–H and O–H groups in total. The summed E-state index contributed by atoms with van der Waals surface area (Å²) in [5.74, 6) is 4.09. The van der Waals surface area contributed by atoms with E-state index >= 15 is 0 Å². The van der Waals surface area contributed by atoms with Gasteiger partial charge in [-0.05, 0) is 75.0 Å². The van der Waals surface area contributed by atoms with E-state index in [1.807, 2.05) is 6.92 Å². The molecule has 2 spiro atoms. The van der Waals surface area contributed by atoms with E-state index in [0.29, 0.717) is 22.7 Å². The van der Waals surface area contributed by atoms with Gasteiger partial charge < -0.3 is 9.47 Å². The zero-order valence-corrected chi connectivity index (χ0v) is 18.9. The molecule has 1 heterocycles. The molecule has 3 nitrogen and oxygen atoms in total. The highest BCUT2D eigenvalue weighted by Gasteiger charge is 2.86. The lowest BCUT2D eigenvalue weighted by atomic mass is 9.62. The molecule has 0 aromatic carbocycles. The van der Waals surface area contributed by atoms with Gasteiger partial charge in [0.15, 0.2) is 5.78 Å². The third kappa shape index (κ3) is 1.77. The van der Waals surface area contributed by atoms with E-state index in [2.05, 4.69) is 41.5 Å². The first-order valence-corrected chi connectivity index (χ1v) is 11.2. The molecule has 5 rings (SSSR count). The van der Waals surface area contributed by atoms with Crippen LogP contribution in [-0.2, 0) is 14.3 Å². The van der Waals surface area contributed by atoms with Gasteiger partial charge in [0.05, 0.1) is 12.5 Å². The van der Waals surface area contributed by atoms with Crippen molar-refractivity contribution in [2.45, 2.75) is 79.8 Å². The van der Waals surface area contributed by atoms with Crippen molar-refractivity contribution in [3.8, 4) is 0 Å². The molecule has 0 aromatic heterocycles. The highest BCUT2D eigenvalue weighted by molar-refractivity contribution is 6.10. The first-order chi connectivity index (χ1) is 13.0. The molecule has 5 atom stereocenters. The number of ketones is 1. The van der Waals surface area contributed by atoms with E-state index in [0.717, 1.165) is 41.4 Å². The van der Waals surface area contributed by atoms with Crippen molar-refractivity contribution in [1.29, 1.82) is 0 Å². The van der Waals surface area contributed by atoms with Gasteiger partial charge in [0, 0.05) is 17.1 Å². The molecule has 4 unspecified atom stereocenters. The second kappa shape index (κ2) is 5.08. The second-order valence-electron chi connectivity index (χ2n) is 11.7. The first kappa shape index (κ1) is 18.8. The monoisotopic (exact) mass is 384 g/mol. The maximum Gasteiger partial charge on any atom is 0.191 e. The molecule has 0 bridgehead atoms. The Kier molecular flexibility index (Phi) is 3.40. The normalized spacial score (nSPS) is 44.8. The Hall–Kier alpha value is -1.25. The fourth-order valence-corrected chi connectivity index (χ4v) is 8.33. The highest BCUT2D eigenvalue weighted by Crippen LogP contribution is 2.90. The second-order valence-corrected chi connectivity index (χ2v) is 11.7. The minimum Gasteiger partial charge on any atom is -0.500 e. The van der Waals surface area contributed by atoms with Crippen LogP contribution in [0.5, 0.6) is 0 Å². The fraction of sp³-hybridized carbons (Fsp3) is 0.800. The largest absolute Gasteiger partial charge is 0.500 e. The summed E-state index contributed by atoms with van der Waals surface area (Å²) in [6, 6.07) is 0. The van der Waals surface area contributed by atoms with E-state index in [-0.39, 0.29) is 22.7 Å². The molecule has 0 saturated heterocycles. The van der Waals surface area contributed by atoms with Crippen molar-refractivity contribution in [3.63, 3.8) is 0 Å². The van der Waals surface area contributed by atoms with Gasteiger partial charge in [-0.3, -0.25) is 4.79 Å². The Bertz CT molecular complexity index is 842. The van der Waals surface area contributed by atoms with Crippen LogP contribution in [0, 0.1) is 39.9 Å². The molecular weight excluding hydrogens is 348 g/mol. The number of Topliss-reactive ketones (excluding diaryl/α,β-unsaturated/α-hetero) is 1. The molecule has 3 heteroatoms. The number of ether oxygens (including phenoxy) is 2. The van der Waals surface area contributed by atoms with Crippen LogP contribution in [0.3, 0.4) is 0 Å². The van der Waals surface area contributed by atoms with Crippen molar-refractivity contribution in [2.24, 2.45) is 39.9 Å². The van der Waals surface area contributed by atoms with Crippen molar-refractivity contribution >= 4 is 5.78 Å². The predicted molar refractivity (Wildman–Crippen MR) is 109 cm³/mol. The molecule has 4 aliphatic carbocycles. The Labute approximate surface area is 169 Å². The molecule has 0 aromatic rings. The standard InChI is InChI=1S/C25H36O3/c1-13(2)15-12-24(9-10-25-16(11-17(24)25)23(25,6)7)28-21-18(15)19(26)14(3)20(27-8)22(21,4)5/h13,15-17H,9-12H2,1-8H3/t15?,16?,17?,24-,25?/m1/s1. The summed E-state index contributed by atoms with van der Waals surface area (Å²) < 4.78 is 12.8. The van der Waals surface area contributed by atoms with Gasteiger partial charge in [0.1, 0.15) is 17.1 Å². The molecule has 3 fully saturated rings. The maximum atomic E-state index is 13.4. The van der Waals surface area contributed by atoms with Gasteiger partial charge >= 0.3 is 0 Å². The van der Waals surface area contributed by atoms with Crippen molar-refractivity contribution in [2.75, 3.05) is 7.11 Å². The maximum absolute atomic E-state index is 13.4. The average molecular weight is 385 g/mol. The number of rotatable bonds is 2. The topological polar surface area (TPSA) is 35.5 Å². The Morgan fingerprint density at radius 2 is 1.79 bits per heavy atom. The zero-order valence-electron chi connectivity index (χ0n) is 18.9. The summed E-state index contributed by atoms with van der Waals surface area (Å²) in [4.78, 5) is 13.4. The lowest BCUT2D eigenvalue weighted by Gasteiger charge is -2.52. The highest BCUT2D eigenvalue weighted by atomic mass is 16.5. The third-order valence-electron chi connectivity index (χ3n) is 9.86. The van der Waals surface area contributed by atoms with Gasteiger partial charge in [-0.25, -0.2) is 0 Å². The van der Waals surface area contributed by atoms with E-state index in [1.54, 1.807) is 7.11 Å². The van der Waals surface area contributed by atoms with E-state index in [4.69, 9.17) is 9.47 Å². The summed E-state index contributed by atoms with van der Waals surface area (Å²) in [7, 11) is 1.69. The van der Waals surface area contributed by atoms with Crippen LogP contribution >= 0.6 is 0 Å². The zero-order chi connectivity index (χ0) is 20.4. The molecule has 0 amide bonds. The van der Waals surface area contributed by atoms with Crippen LogP contribution in [-0.4, -0.2) is 18.5 Å². The molecule has 1 aliphatic heterocycles. The average Bonchev–Trinajstić information content (AvgIpc) is 2.80. The molecular formula is C25H36O3. The molecule has 5 aliphatic rings. The number of methoxy groups -OCH3 is 1. The number of allylic oxidation sites excluding steroid dienone is 2. The van der Waals surface area contributed by atoms with Gasteiger partial charge in [-0.2, -0.15) is 0 Å². The predicted octanol–water partition coefficient (Wildman–Crippen LogP) is 5.66. The van der Waals surface area contributed by atoms with Gasteiger partial charge in [-0.15, -0.1) is 0 Å². The van der Waals surface area contributed by atoms with Crippen LogP contribution in [0.1, 0.15) is 74.1 Å². The molecule has 28 heavy (non-hydrogen) atoms. The molecule has 3 saturated carbocycles. The number of carbonyl (C=O) groups excluding carboxylic acids is 1. The molecule has 0 radical (unpaired) electrons. The van der Waals surface area contributed by atoms with Crippen molar-refractivity contribution in [1.82, 2.24) is 0 Å². The van der Waals surface area contributed by atoms with Gasteiger partial charge in [-0.1, -0.05) is 27.7 Å². The smallest absolute Gasteiger partial charge is 0.191 e. The fourth-order valence-electron chi connectivity index (χ4n) is 8.33. The lowest BCUT2D eigenvalue weighted by molar-refractivity contribution is -0.129. The van der Waals surface area contributed by atoms with E-state index < -0.39 is 0 Å².